The van der Waals surface area contributed by atoms with Gasteiger partial charge in [0.15, 0.2) is 0 Å². The fraction of sp³-hybridized carbons (Fsp3) is 0.154. The molecule has 19 heavy (non-hydrogen) atoms. The number of ether oxygens (including phenoxy) is 1. The van der Waals surface area contributed by atoms with Crippen LogP contribution >= 0.6 is 11.6 Å². The maximum Gasteiger partial charge on any atom is 0.373 e. The van der Waals surface area contributed by atoms with Crippen molar-refractivity contribution in [2.75, 3.05) is 12.4 Å². The Labute approximate surface area is 114 Å². The van der Waals surface area contributed by atoms with E-state index >= 15 is 0 Å². The van der Waals surface area contributed by atoms with Crippen molar-refractivity contribution in [3.63, 3.8) is 0 Å². The Morgan fingerprint density at radius 2 is 2.21 bits per heavy atom. The highest BCUT2D eigenvalue weighted by molar-refractivity contribution is 6.30. The number of nitrogens with one attached hydrogen (secondary N) is 1. The SMILES string of the molecule is COC(=O)c1ccc(CNc2cc(Cl)ccc2F)o1. The molecule has 0 unspecified atom stereocenters. The van der Waals surface area contributed by atoms with Gasteiger partial charge in [0.1, 0.15) is 11.6 Å². The van der Waals surface area contributed by atoms with Crippen LogP contribution < -0.4 is 5.32 Å². The molecule has 6 heteroatoms. The number of methoxy groups -OCH3 is 1. The second-order valence-corrected chi connectivity index (χ2v) is 4.17. The number of benzene rings is 1. The highest BCUT2D eigenvalue weighted by Crippen LogP contribution is 2.20. The average molecular weight is 284 g/mol. The van der Waals surface area contributed by atoms with Crippen LogP contribution in [0.2, 0.25) is 5.02 Å². The lowest BCUT2D eigenvalue weighted by molar-refractivity contribution is 0.0563. The van der Waals surface area contributed by atoms with Gasteiger partial charge in [0.25, 0.3) is 0 Å². The van der Waals surface area contributed by atoms with E-state index in [9.17, 15) is 9.18 Å². The van der Waals surface area contributed by atoms with E-state index < -0.39 is 11.8 Å². The molecule has 0 radical (unpaired) electrons. The predicted molar refractivity (Wildman–Crippen MR) is 68.8 cm³/mol. The van der Waals surface area contributed by atoms with E-state index in [-0.39, 0.29) is 18.0 Å². The lowest BCUT2D eigenvalue weighted by Crippen LogP contribution is -2.01. The quantitative estimate of drug-likeness (QED) is 0.873. The largest absolute Gasteiger partial charge is 0.463 e. The monoisotopic (exact) mass is 283 g/mol. The molecule has 0 bridgehead atoms. The Morgan fingerprint density at radius 3 is 2.95 bits per heavy atom. The number of hydrogen-bond donors (Lipinski definition) is 1. The smallest absolute Gasteiger partial charge is 0.373 e. The summed E-state index contributed by atoms with van der Waals surface area (Å²) in [6.45, 7) is 0.230. The number of esters is 1. The molecule has 0 aliphatic carbocycles. The molecule has 0 aliphatic heterocycles. The Morgan fingerprint density at radius 1 is 1.42 bits per heavy atom. The van der Waals surface area contributed by atoms with E-state index in [4.69, 9.17) is 16.0 Å². The van der Waals surface area contributed by atoms with Crippen molar-refractivity contribution in [3.05, 3.63) is 52.7 Å². The number of halogens is 2. The van der Waals surface area contributed by atoms with Crippen molar-refractivity contribution in [3.8, 4) is 0 Å². The van der Waals surface area contributed by atoms with Crippen molar-refractivity contribution in [2.45, 2.75) is 6.54 Å². The lowest BCUT2D eigenvalue weighted by atomic mass is 10.3. The van der Waals surface area contributed by atoms with Gasteiger partial charge < -0.3 is 14.5 Å². The van der Waals surface area contributed by atoms with E-state index in [1.54, 1.807) is 6.07 Å². The first-order valence-corrected chi connectivity index (χ1v) is 5.84. The Hall–Kier alpha value is -2.01. The summed E-state index contributed by atoms with van der Waals surface area (Å²) in [5.41, 5.74) is 0.267. The van der Waals surface area contributed by atoms with E-state index in [1.165, 1.54) is 31.4 Å². The van der Waals surface area contributed by atoms with E-state index in [1.807, 2.05) is 0 Å². The van der Waals surface area contributed by atoms with Crippen LogP contribution in [0, 0.1) is 5.82 Å². The number of carbonyl (C=O) groups is 1. The maximum absolute atomic E-state index is 13.4. The third-order valence-electron chi connectivity index (χ3n) is 2.43. The van der Waals surface area contributed by atoms with Crippen LogP contribution in [0.4, 0.5) is 10.1 Å². The van der Waals surface area contributed by atoms with Crippen LogP contribution in [-0.2, 0) is 11.3 Å². The minimum atomic E-state index is -0.555. The van der Waals surface area contributed by atoms with Gasteiger partial charge in [0.2, 0.25) is 5.76 Å². The third-order valence-corrected chi connectivity index (χ3v) is 2.66. The van der Waals surface area contributed by atoms with Crippen molar-refractivity contribution in [1.82, 2.24) is 0 Å². The molecule has 0 saturated heterocycles. The first-order chi connectivity index (χ1) is 9.10. The minimum Gasteiger partial charge on any atom is -0.463 e. The third kappa shape index (κ3) is 3.26. The van der Waals surface area contributed by atoms with Crippen molar-refractivity contribution < 1.29 is 18.3 Å². The van der Waals surface area contributed by atoms with Crippen molar-refractivity contribution >= 4 is 23.3 Å². The van der Waals surface area contributed by atoms with Crippen molar-refractivity contribution in [2.24, 2.45) is 0 Å². The molecule has 4 nitrogen and oxygen atoms in total. The molecule has 2 rings (SSSR count). The number of carbonyl (C=O) groups excluding carboxylic acids is 1. The molecule has 2 aromatic rings. The van der Waals surface area contributed by atoms with Crippen LogP contribution in [-0.4, -0.2) is 13.1 Å². The number of hydrogen-bond acceptors (Lipinski definition) is 4. The average Bonchev–Trinajstić information content (AvgIpc) is 2.88. The fourth-order valence-corrected chi connectivity index (χ4v) is 1.67. The highest BCUT2D eigenvalue weighted by Gasteiger charge is 2.11. The van der Waals surface area contributed by atoms with Gasteiger partial charge in [-0.25, -0.2) is 9.18 Å². The normalized spacial score (nSPS) is 10.3. The molecular weight excluding hydrogens is 273 g/mol. The topological polar surface area (TPSA) is 51.5 Å². The Bertz CT molecular complexity index is 597. The lowest BCUT2D eigenvalue weighted by Gasteiger charge is -2.06. The van der Waals surface area contributed by atoms with Crippen LogP contribution in [0.15, 0.2) is 34.7 Å². The van der Waals surface area contributed by atoms with Gasteiger partial charge in [-0.05, 0) is 30.3 Å². The van der Waals surface area contributed by atoms with E-state index in [0.29, 0.717) is 10.8 Å². The summed E-state index contributed by atoms with van der Waals surface area (Å²) in [5, 5.41) is 3.26. The van der Waals surface area contributed by atoms with Gasteiger partial charge >= 0.3 is 5.97 Å². The zero-order valence-electron chi connectivity index (χ0n) is 10.1. The zero-order valence-corrected chi connectivity index (χ0v) is 10.8. The Kier molecular flexibility index (Phi) is 4.06. The number of furan rings is 1. The first-order valence-electron chi connectivity index (χ1n) is 5.46. The van der Waals surface area contributed by atoms with Crippen molar-refractivity contribution in [1.29, 1.82) is 0 Å². The first kappa shape index (κ1) is 13.4. The predicted octanol–water partition coefficient (Wildman–Crippen LogP) is 3.47. The molecule has 1 aromatic heterocycles. The van der Waals surface area contributed by atoms with Gasteiger partial charge in [-0.1, -0.05) is 11.6 Å². The van der Waals surface area contributed by atoms with Gasteiger partial charge in [0, 0.05) is 5.02 Å². The molecule has 0 spiro atoms. The minimum absolute atomic E-state index is 0.103. The summed E-state index contributed by atoms with van der Waals surface area (Å²) >= 11 is 5.77. The Balaban J connectivity index is 2.04. The highest BCUT2D eigenvalue weighted by atomic mass is 35.5. The number of anilines is 1. The van der Waals surface area contributed by atoms with Gasteiger partial charge in [-0.15, -0.1) is 0 Å². The maximum atomic E-state index is 13.4. The summed E-state index contributed by atoms with van der Waals surface area (Å²) in [6.07, 6.45) is 0. The molecule has 0 aliphatic rings. The van der Waals surface area contributed by atoms with Gasteiger partial charge in [-0.3, -0.25) is 0 Å². The molecular formula is C13H11ClFNO3. The molecule has 0 saturated carbocycles. The second kappa shape index (κ2) is 5.75. The molecule has 1 aromatic carbocycles. The second-order valence-electron chi connectivity index (χ2n) is 3.74. The van der Waals surface area contributed by atoms with Crippen LogP contribution in [0.5, 0.6) is 0 Å². The van der Waals surface area contributed by atoms with Crippen LogP contribution in [0.3, 0.4) is 0 Å². The molecule has 0 amide bonds. The van der Waals surface area contributed by atoms with E-state index in [2.05, 4.69) is 10.1 Å². The summed E-state index contributed by atoms with van der Waals surface area (Å²) in [4.78, 5) is 11.2. The standard InChI is InChI=1S/C13H11ClFNO3/c1-18-13(17)12-5-3-9(19-12)7-16-11-6-8(14)2-4-10(11)15/h2-6,16H,7H2,1H3. The van der Waals surface area contributed by atoms with Gasteiger partial charge in [-0.2, -0.15) is 0 Å². The summed E-state index contributed by atoms with van der Waals surface area (Å²) in [6, 6.07) is 7.32. The molecule has 0 fully saturated rings. The molecule has 100 valence electrons. The number of rotatable bonds is 4. The van der Waals surface area contributed by atoms with Gasteiger partial charge in [0.05, 0.1) is 19.3 Å². The summed E-state index contributed by atoms with van der Waals surface area (Å²) < 4.78 is 23.2. The molecule has 1 heterocycles. The molecule has 1 N–H and O–H groups in total. The summed E-state index contributed by atoms with van der Waals surface area (Å²) in [7, 11) is 1.27. The molecule has 0 atom stereocenters. The van der Waals surface area contributed by atoms with E-state index in [0.717, 1.165) is 0 Å². The fourth-order valence-electron chi connectivity index (χ4n) is 1.50. The van der Waals surface area contributed by atoms with Crippen LogP contribution in [0.25, 0.3) is 0 Å². The zero-order chi connectivity index (χ0) is 13.8. The summed E-state index contributed by atoms with van der Waals surface area (Å²) in [5.74, 6) is -0.380. The van der Waals surface area contributed by atoms with Crippen LogP contribution in [0.1, 0.15) is 16.3 Å².